The van der Waals surface area contributed by atoms with Crippen molar-refractivity contribution in [3.8, 4) is 0 Å². The summed E-state index contributed by atoms with van der Waals surface area (Å²) in [5.41, 5.74) is 2.50. The molecule has 0 fully saturated rings. The predicted molar refractivity (Wildman–Crippen MR) is 93.2 cm³/mol. The molecule has 0 saturated heterocycles. The van der Waals surface area contributed by atoms with Crippen LogP contribution in [0.2, 0.25) is 0 Å². The van der Waals surface area contributed by atoms with Crippen LogP contribution in [0.5, 0.6) is 0 Å². The fourth-order valence-corrected chi connectivity index (χ4v) is 5.55. The molecular weight excluding hydrogens is 312 g/mol. The molecule has 6 heteroatoms. The molecule has 3 heterocycles. The Balaban J connectivity index is 1.90. The molecule has 0 atom stereocenters. The highest BCUT2D eigenvalue weighted by Gasteiger charge is 2.22. The summed E-state index contributed by atoms with van der Waals surface area (Å²) in [7, 11) is 0. The minimum absolute atomic E-state index is 0.992. The molecule has 0 aromatic carbocycles. The second-order valence-corrected chi connectivity index (χ2v) is 8.04. The Bertz CT molecular complexity index is 834. The van der Waals surface area contributed by atoms with E-state index in [1.54, 1.807) is 11.8 Å². The third kappa shape index (κ3) is 2.24. The van der Waals surface area contributed by atoms with E-state index in [2.05, 4.69) is 28.4 Å². The first-order valence-electron chi connectivity index (χ1n) is 8.08. The van der Waals surface area contributed by atoms with Gasteiger partial charge in [0.25, 0.3) is 0 Å². The van der Waals surface area contributed by atoms with Crippen LogP contribution >= 0.6 is 23.1 Å². The standard InChI is InChI=1S/C16H20N4S2/c1-3-4-9-21-16-19-18-14-13-11-7-5-6-8-12(11)22-15(13)17-10(2)20(14)16/h3-9H2,1-2H3. The van der Waals surface area contributed by atoms with Gasteiger partial charge in [-0.2, -0.15) is 0 Å². The van der Waals surface area contributed by atoms with Gasteiger partial charge < -0.3 is 0 Å². The van der Waals surface area contributed by atoms with Crippen molar-refractivity contribution in [2.75, 3.05) is 5.75 Å². The lowest BCUT2D eigenvalue weighted by Gasteiger charge is -2.10. The topological polar surface area (TPSA) is 43.1 Å². The van der Waals surface area contributed by atoms with Crippen LogP contribution in [0.4, 0.5) is 0 Å². The molecule has 1 aliphatic rings. The number of fused-ring (bicyclic) bond motifs is 5. The second kappa shape index (κ2) is 5.81. The monoisotopic (exact) mass is 332 g/mol. The summed E-state index contributed by atoms with van der Waals surface area (Å²) >= 11 is 3.66. The first-order valence-corrected chi connectivity index (χ1v) is 9.88. The highest BCUT2D eigenvalue weighted by atomic mass is 32.2. The lowest BCUT2D eigenvalue weighted by Crippen LogP contribution is -2.01. The van der Waals surface area contributed by atoms with Gasteiger partial charge in [-0.25, -0.2) is 4.98 Å². The van der Waals surface area contributed by atoms with E-state index < -0.39 is 0 Å². The Morgan fingerprint density at radius 2 is 2.09 bits per heavy atom. The van der Waals surface area contributed by atoms with Gasteiger partial charge in [0.2, 0.25) is 0 Å². The van der Waals surface area contributed by atoms with E-state index in [0.29, 0.717) is 0 Å². The average molecular weight is 332 g/mol. The molecule has 0 saturated carbocycles. The van der Waals surface area contributed by atoms with Gasteiger partial charge in [-0.3, -0.25) is 4.40 Å². The van der Waals surface area contributed by atoms with Crippen LogP contribution in [-0.2, 0) is 12.8 Å². The number of thioether (sulfide) groups is 1. The van der Waals surface area contributed by atoms with Crippen LogP contribution in [0.1, 0.15) is 48.9 Å². The maximum Gasteiger partial charge on any atom is 0.197 e. The Labute approximate surface area is 138 Å². The molecule has 3 aromatic rings. The summed E-state index contributed by atoms with van der Waals surface area (Å²) < 4.78 is 2.16. The van der Waals surface area contributed by atoms with E-state index >= 15 is 0 Å². The smallest absolute Gasteiger partial charge is 0.197 e. The van der Waals surface area contributed by atoms with Gasteiger partial charge in [0, 0.05) is 10.6 Å². The maximum atomic E-state index is 4.86. The van der Waals surface area contributed by atoms with Crippen molar-refractivity contribution in [3.05, 3.63) is 16.3 Å². The van der Waals surface area contributed by atoms with Crippen molar-refractivity contribution < 1.29 is 0 Å². The molecule has 4 nitrogen and oxygen atoms in total. The van der Waals surface area contributed by atoms with E-state index in [-0.39, 0.29) is 0 Å². The Morgan fingerprint density at radius 1 is 1.23 bits per heavy atom. The molecule has 0 spiro atoms. The number of hydrogen-bond acceptors (Lipinski definition) is 5. The van der Waals surface area contributed by atoms with E-state index in [1.807, 2.05) is 11.3 Å². The summed E-state index contributed by atoms with van der Waals surface area (Å²) in [4.78, 5) is 7.52. The third-order valence-electron chi connectivity index (χ3n) is 4.33. The number of unbranched alkanes of at least 4 members (excludes halogenated alkanes) is 1. The van der Waals surface area contributed by atoms with E-state index in [0.717, 1.165) is 27.2 Å². The first kappa shape index (κ1) is 14.5. The molecule has 116 valence electrons. The summed E-state index contributed by atoms with van der Waals surface area (Å²) in [6.07, 6.45) is 7.38. The molecule has 0 radical (unpaired) electrons. The van der Waals surface area contributed by atoms with Crippen LogP contribution in [0.3, 0.4) is 0 Å². The highest BCUT2D eigenvalue weighted by molar-refractivity contribution is 7.99. The average Bonchev–Trinajstić information content (AvgIpc) is 3.08. The van der Waals surface area contributed by atoms with E-state index in [4.69, 9.17) is 4.98 Å². The molecule has 22 heavy (non-hydrogen) atoms. The van der Waals surface area contributed by atoms with Crippen molar-refractivity contribution in [1.82, 2.24) is 19.6 Å². The van der Waals surface area contributed by atoms with Crippen molar-refractivity contribution >= 4 is 39.0 Å². The Hall–Kier alpha value is -1.14. The highest BCUT2D eigenvalue weighted by Crippen LogP contribution is 2.38. The lowest BCUT2D eigenvalue weighted by atomic mass is 9.97. The molecule has 4 rings (SSSR count). The third-order valence-corrected chi connectivity index (χ3v) is 6.53. The SMILES string of the molecule is CCCCSc1nnc2c3c4c(sc3nc(C)n12)CCCC4. The van der Waals surface area contributed by atoms with Crippen LogP contribution in [-0.4, -0.2) is 25.3 Å². The fraction of sp³-hybridized carbons (Fsp3) is 0.562. The molecular formula is C16H20N4S2. The Morgan fingerprint density at radius 3 is 2.95 bits per heavy atom. The van der Waals surface area contributed by atoms with Crippen molar-refractivity contribution in [2.45, 2.75) is 57.5 Å². The Kier molecular flexibility index (Phi) is 3.82. The normalized spacial score (nSPS) is 14.8. The van der Waals surface area contributed by atoms with Gasteiger partial charge in [-0.05, 0) is 44.6 Å². The molecule has 0 N–H and O–H groups in total. The summed E-state index contributed by atoms with van der Waals surface area (Å²) in [5.74, 6) is 2.10. The summed E-state index contributed by atoms with van der Waals surface area (Å²) in [6.45, 7) is 4.29. The summed E-state index contributed by atoms with van der Waals surface area (Å²) in [5, 5.41) is 11.2. The fourth-order valence-electron chi connectivity index (χ4n) is 3.18. The number of nitrogens with zero attached hydrogens (tertiary/aromatic N) is 4. The number of thiophene rings is 1. The molecule has 0 bridgehead atoms. The molecule has 1 aliphatic carbocycles. The zero-order chi connectivity index (χ0) is 15.1. The number of rotatable bonds is 4. The molecule has 3 aromatic heterocycles. The molecule has 0 unspecified atom stereocenters. The van der Waals surface area contributed by atoms with E-state index in [9.17, 15) is 0 Å². The van der Waals surface area contributed by atoms with Crippen molar-refractivity contribution in [2.24, 2.45) is 0 Å². The van der Waals surface area contributed by atoms with Gasteiger partial charge in [-0.1, -0.05) is 25.1 Å². The minimum atomic E-state index is 0.992. The molecule has 0 amide bonds. The predicted octanol–water partition coefficient (Wildman–Crippen LogP) is 4.42. The van der Waals surface area contributed by atoms with Gasteiger partial charge >= 0.3 is 0 Å². The number of aryl methyl sites for hydroxylation is 3. The maximum absolute atomic E-state index is 4.86. The zero-order valence-electron chi connectivity index (χ0n) is 13.1. The largest absolute Gasteiger partial charge is 0.257 e. The van der Waals surface area contributed by atoms with Gasteiger partial charge in [0.05, 0.1) is 5.39 Å². The van der Waals surface area contributed by atoms with Crippen LogP contribution < -0.4 is 0 Å². The number of hydrogen-bond donors (Lipinski definition) is 0. The quantitative estimate of drug-likeness (QED) is 0.524. The lowest BCUT2D eigenvalue weighted by molar-refractivity contribution is 0.700. The van der Waals surface area contributed by atoms with Gasteiger partial charge in [0.1, 0.15) is 10.7 Å². The van der Waals surface area contributed by atoms with Crippen LogP contribution in [0.25, 0.3) is 15.9 Å². The second-order valence-electron chi connectivity index (χ2n) is 5.89. The molecule has 0 aliphatic heterocycles. The van der Waals surface area contributed by atoms with Gasteiger partial charge in [0.15, 0.2) is 10.8 Å². The number of aromatic nitrogens is 4. The zero-order valence-corrected chi connectivity index (χ0v) is 14.7. The van der Waals surface area contributed by atoms with E-state index in [1.165, 1.54) is 54.4 Å². The first-order chi connectivity index (χ1) is 10.8. The summed E-state index contributed by atoms with van der Waals surface area (Å²) in [6, 6.07) is 0. The van der Waals surface area contributed by atoms with Gasteiger partial charge in [-0.15, -0.1) is 21.5 Å². The van der Waals surface area contributed by atoms with Crippen LogP contribution in [0.15, 0.2) is 5.16 Å². The van der Waals surface area contributed by atoms with Crippen molar-refractivity contribution in [1.29, 1.82) is 0 Å². The van der Waals surface area contributed by atoms with Crippen LogP contribution in [0, 0.1) is 6.92 Å². The minimum Gasteiger partial charge on any atom is -0.257 e. The van der Waals surface area contributed by atoms with Crippen molar-refractivity contribution in [3.63, 3.8) is 0 Å².